The molecule has 0 saturated carbocycles. The summed E-state index contributed by atoms with van der Waals surface area (Å²) in [5.74, 6) is 5.76. The Bertz CT molecular complexity index is 1460. The summed E-state index contributed by atoms with van der Waals surface area (Å²) in [6.45, 7) is -0.105. The quantitative estimate of drug-likeness (QED) is 0.340. The molecule has 0 unspecified atom stereocenters. The van der Waals surface area contributed by atoms with E-state index < -0.39 is 17.5 Å². The first-order chi connectivity index (χ1) is 15.5. The number of methoxy groups -OCH3 is 1. The van der Waals surface area contributed by atoms with Gasteiger partial charge in [-0.1, -0.05) is 11.8 Å². The molecule has 5 rings (SSSR count). The number of nitrogens with zero attached hydrogens (tertiary/aromatic N) is 3. The van der Waals surface area contributed by atoms with Gasteiger partial charge in [-0.05, 0) is 30.3 Å². The molecule has 3 amide bonds. The van der Waals surface area contributed by atoms with Crippen LogP contribution < -0.4 is 15.4 Å². The molecule has 1 atom stereocenters. The van der Waals surface area contributed by atoms with E-state index in [0.29, 0.717) is 22.2 Å². The molecule has 1 fully saturated rings. The molecule has 9 nitrogen and oxygen atoms in total. The zero-order chi connectivity index (χ0) is 22.3. The maximum atomic E-state index is 12.8. The van der Waals surface area contributed by atoms with Crippen LogP contribution in [0.4, 0.5) is 4.79 Å². The first kappa shape index (κ1) is 19.4. The number of pyridine rings is 2. The maximum Gasteiger partial charge on any atom is 0.323 e. The number of aromatic nitrogens is 3. The fraction of sp³-hybridized carbons (Fsp3) is 0.130. The Balaban J connectivity index is 1.60. The summed E-state index contributed by atoms with van der Waals surface area (Å²) in [4.78, 5) is 33.3. The Hall–Kier alpha value is -4.58. The lowest BCUT2D eigenvalue weighted by Crippen LogP contribution is -2.49. The van der Waals surface area contributed by atoms with Gasteiger partial charge in [0.1, 0.15) is 5.75 Å². The van der Waals surface area contributed by atoms with Gasteiger partial charge in [-0.15, -0.1) is 0 Å². The Morgan fingerprint density at radius 3 is 2.88 bits per heavy atom. The highest BCUT2D eigenvalue weighted by Crippen LogP contribution is 2.32. The SMILES string of the molecule is COc1ccc2cn(C[C@@]3(C#Cc4cncc5cccnc45)NC(=O)NC3=O)c(O)c2c1. The van der Waals surface area contributed by atoms with E-state index in [2.05, 4.69) is 32.4 Å². The van der Waals surface area contributed by atoms with E-state index in [4.69, 9.17) is 4.74 Å². The second-order valence-electron chi connectivity index (χ2n) is 7.36. The van der Waals surface area contributed by atoms with Crippen molar-refractivity contribution in [2.45, 2.75) is 12.1 Å². The number of urea groups is 1. The Morgan fingerprint density at radius 1 is 1.22 bits per heavy atom. The molecule has 158 valence electrons. The molecule has 1 saturated heterocycles. The van der Waals surface area contributed by atoms with Gasteiger partial charge in [0.15, 0.2) is 5.88 Å². The van der Waals surface area contributed by atoms with Crippen LogP contribution in [0.3, 0.4) is 0 Å². The molecule has 0 aliphatic carbocycles. The molecule has 0 radical (unpaired) electrons. The first-order valence-corrected chi connectivity index (χ1v) is 9.70. The molecular formula is C23H17N5O4. The number of carbonyl (C=O) groups is 2. The molecule has 1 aliphatic heterocycles. The summed E-state index contributed by atoms with van der Waals surface area (Å²) in [6.07, 6.45) is 6.56. The van der Waals surface area contributed by atoms with Crippen LogP contribution >= 0.6 is 0 Å². The van der Waals surface area contributed by atoms with Crippen molar-refractivity contribution in [1.82, 2.24) is 25.2 Å². The number of benzene rings is 1. The number of aromatic hydroxyl groups is 1. The van der Waals surface area contributed by atoms with Crippen LogP contribution in [0.2, 0.25) is 0 Å². The minimum absolute atomic E-state index is 0.0671. The highest BCUT2D eigenvalue weighted by molar-refractivity contribution is 6.09. The molecule has 4 aromatic rings. The Morgan fingerprint density at radius 2 is 2.09 bits per heavy atom. The van der Waals surface area contributed by atoms with Gasteiger partial charge in [0.25, 0.3) is 5.91 Å². The lowest BCUT2D eigenvalue weighted by molar-refractivity contribution is -0.122. The number of hydrogen-bond donors (Lipinski definition) is 3. The van der Waals surface area contributed by atoms with Crippen LogP contribution in [-0.4, -0.2) is 44.2 Å². The lowest BCUT2D eigenvalue weighted by Gasteiger charge is -2.20. The number of rotatable bonds is 3. The highest BCUT2D eigenvalue weighted by atomic mass is 16.5. The predicted molar refractivity (Wildman–Crippen MR) is 116 cm³/mol. The summed E-state index contributed by atoms with van der Waals surface area (Å²) in [6, 6.07) is 8.26. The van der Waals surface area contributed by atoms with Crippen molar-refractivity contribution in [3.8, 4) is 23.5 Å². The van der Waals surface area contributed by atoms with Crippen molar-refractivity contribution in [3.05, 3.63) is 60.7 Å². The third-order valence-electron chi connectivity index (χ3n) is 5.34. The van der Waals surface area contributed by atoms with Crippen LogP contribution in [0.1, 0.15) is 5.56 Å². The fourth-order valence-corrected chi connectivity index (χ4v) is 3.72. The highest BCUT2D eigenvalue weighted by Gasteiger charge is 2.46. The van der Waals surface area contributed by atoms with Crippen molar-refractivity contribution in [2.24, 2.45) is 0 Å². The van der Waals surface area contributed by atoms with Crippen LogP contribution in [0.25, 0.3) is 21.7 Å². The van der Waals surface area contributed by atoms with Gasteiger partial charge in [0, 0.05) is 40.9 Å². The third kappa shape index (κ3) is 3.15. The van der Waals surface area contributed by atoms with Crippen molar-refractivity contribution in [1.29, 1.82) is 0 Å². The van der Waals surface area contributed by atoms with E-state index >= 15 is 0 Å². The second kappa shape index (κ2) is 7.28. The topological polar surface area (TPSA) is 118 Å². The molecule has 1 aliphatic rings. The van der Waals surface area contributed by atoms with Crippen molar-refractivity contribution in [3.63, 3.8) is 0 Å². The molecule has 32 heavy (non-hydrogen) atoms. The Labute approximate surface area is 182 Å². The molecule has 1 aromatic carbocycles. The molecule has 0 bridgehead atoms. The standard InChI is InChI=1S/C23H17N5O4/c1-32-17-5-4-16-12-28(20(29)18(16)9-17)13-23(21(30)26-22(31)27-23)7-6-15-11-24-10-14-3-2-8-25-19(14)15/h2-5,8-12,29H,13H2,1H3,(H2,26,27,30,31)/t23-/m1/s1. The van der Waals surface area contributed by atoms with Crippen molar-refractivity contribution < 1.29 is 19.4 Å². The lowest BCUT2D eigenvalue weighted by atomic mass is 9.99. The van der Waals surface area contributed by atoms with E-state index in [9.17, 15) is 14.7 Å². The second-order valence-corrected chi connectivity index (χ2v) is 7.36. The normalized spacial score (nSPS) is 17.7. The molecule has 4 heterocycles. The molecule has 9 heteroatoms. The molecular weight excluding hydrogens is 410 g/mol. The van der Waals surface area contributed by atoms with Gasteiger partial charge in [-0.3, -0.25) is 20.1 Å². The summed E-state index contributed by atoms with van der Waals surface area (Å²) in [7, 11) is 1.54. The molecule has 0 spiro atoms. The van der Waals surface area contributed by atoms with Gasteiger partial charge in [0.2, 0.25) is 5.54 Å². The smallest absolute Gasteiger partial charge is 0.323 e. The van der Waals surface area contributed by atoms with E-state index in [0.717, 1.165) is 10.8 Å². The minimum atomic E-state index is -1.59. The van der Waals surface area contributed by atoms with E-state index in [-0.39, 0.29) is 12.4 Å². The van der Waals surface area contributed by atoms with E-state index in [1.807, 2.05) is 6.07 Å². The van der Waals surface area contributed by atoms with Gasteiger partial charge >= 0.3 is 6.03 Å². The maximum absolute atomic E-state index is 12.8. The van der Waals surface area contributed by atoms with E-state index in [1.165, 1.54) is 11.7 Å². The zero-order valence-corrected chi connectivity index (χ0v) is 16.9. The molecule has 3 aromatic heterocycles. The fourth-order valence-electron chi connectivity index (χ4n) is 3.72. The van der Waals surface area contributed by atoms with Gasteiger partial charge < -0.3 is 19.7 Å². The Kier molecular flexibility index (Phi) is 4.41. The zero-order valence-electron chi connectivity index (χ0n) is 16.9. The molecule has 3 N–H and O–H groups in total. The first-order valence-electron chi connectivity index (χ1n) is 9.70. The average molecular weight is 427 g/mol. The summed E-state index contributed by atoms with van der Waals surface area (Å²) < 4.78 is 6.69. The predicted octanol–water partition coefficient (Wildman–Crippen LogP) is 1.93. The largest absolute Gasteiger partial charge is 0.497 e. The summed E-state index contributed by atoms with van der Waals surface area (Å²) in [5, 5.41) is 17.7. The van der Waals surface area contributed by atoms with Crippen molar-refractivity contribution in [2.75, 3.05) is 7.11 Å². The third-order valence-corrected chi connectivity index (χ3v) is 5.34. The van der Waals surface area contributed by atoms with Gasteiger partial charge in [-0.25, -0.2) is 4.79 Å². The number of nitrogens with one attached hydrogen (secondary N) is 2. The van der Waals surface area contributed by atoms with Crippen molar-refractivity contribution >= 4 is 33.6 Å². The minimum Gasteiger partial charge on any atom is -0.497 e. The van der Waals surface area contributed by atoms with E-state index in [1.54, 1.807) is 49.1 Å². The number of imide groups is 1. The van der Waals surface area contributed by atoms with Crippen LogP contribution in [0, 0.1) is 11.8 Å². The average Bonchev–Trinajstić information content (AvgIpc) is 3.26. The number of ether oxygens (including phenoxy) is 1. The monoisotopic (exact) mass is 427 g/mol. The summed E-state index contributed by atoms with van der Waals surface area (Å²) >= 11 is 0. The van der Waals surface area contributed by atoms with Gasteiger partial charge in [-0.2, -0.15) is 0 Å². The number of carbonyl (C=O) groups excluding carboxylic acids is 2. The van der Waals surface area contributed by atoms with Crippen LogP contribution in [0.5, 0.6) is 11.6 Å². The number of amides is 3. The van der Waals surface area contributed by atoms with Crippen LogP contribution in [0.15, 0.2) is 55.1 Å². The van der Waals surface area contributed by atoms with Gasteiger partial charge in [0.05, 0.1) is 24.7 Å². The van der Waals surface area contributed by atoms with Crippen LogP contribution in [-0.2, 0) is 11.3 Å². The number of hydrogen-bond acceptors (Lipinski definition) is 6. The number of fused-ring (bicyclic) bond motifs is 2. The summed E-state index contributed by atoms with van der Waals surface area (Å²) in [5.41, 5.74) is -0.440.